The van der Waals surface area contributed by atoms with Gasteiger partial charge >= 0.3 is 0 Å². The second-order valence-electron chi connectivity index (χ2n) is 2.39. The smallest absolute Gasteiger partial charge is 0.189 e. The quantitative estimate of drug-likeness (QED) is 0.514. The molecule has 0 radical (unpaired) electrons. The Bertz CT molecular complexity index is 280. The molecule has 3 nitrogen and oxygen atoms in total. The van der Waals surface area contributed by atoms with Gasteiger partial charge in [0.15, 0.2) is 5.16 Å². The lowest BCUT2D eigenvalue weighted by atomic mass is 10.3. The molecule has 0 spiro atoms. The van der Waals surface area contributed by atoms with Gasteiger partial charge in [0.25, 0.3) is 0 Å². The Balaban J connectivity index is 2.95. The molecular weight excluding hydrogens is 250 g/mol. The lowest BCUT2D eigenvalue weighted by Crippen LogP contribution is -2.04. The van der Waals surface area contributed by atoms with Gasteiger partial charge < -0.3 is 5.32 Å². The van der Waals surface area contributed by atoms with E-state index in [4.69, 9.17) is 0 Å². The molecule has 1 N–H and O–H groups in total. The van der Waals surface area contributed by atoms with E-state index < -0.39 is 0 Å². The highest BCUT2D eigenvalue weighted by atomic mass is 79.9. The topological polar surface area (TPSA) is 37.8 Å². The first kappa shape index (κ1) is 10.8. The summed E-state index contributed by atoms with van der Waals surface area (Å²) in [4.78, 5) is 8.56. The Kier molecular flexibility index (Phi) is 4.52. The number of anilines is 1. The van der Waals surface area contributed by atoms with Crippen molar-refractivity contribution in [3.8, 4) is 0 Å². The SMILES string of the molecule is CCNc1nc(SC)ncc1CBr. The third-order valence-corrected chi connectivity index (χ3v) is 2.68. The molecule has 5 heteroatoms. The number of rotatable bonds is 4. The van der Waals surface area contributed by atoms with Crippen molar-refractivity contribution in [1.29, 1.82) is 0 Å². The minimum atomic E-state index is 0.782. The van der Waals surface area contributed by atoms with Gasteiger partial charge in [0.2, 0.25) is 0 Å². The van der Waals surface area contributed by atoms with Crippen molar-refractivity contribution >= 4 is 33.5 Å². The van der Waals surface area contributed by atoms with E-state index in [1.807, 2.05) is 12.5 Å². The first-order chi connectivity index (χ1) is 6.31. The highest BCUT2D eigenvalue weighted by Crippen LogP contribution is 2.18. The monoisotopic (exact) mass is 261 g/mol. The van der Waals surface area contributed by atoms with Crippen molar-refractivity contribution in [3.63, 3.8) is 0 Å². The molecule has 0 aromatic carbocycles. The van der Waals surface area contributed by atoms with Gasteiger partial charge in [-0.2, -0.15) is 0 Å². The molecule has 13 heavy (non-hydrogen) atoms. The van der Waals surface area contributed by atoms with Crippen LogP contribution < -0.4 is 5.32 Å². The van der Waals surface area contributed by atoms with Crippen LogP contribution in [-0.2, 0) is 5.33 Å². The number of nitrogens with zero attached hydrogens (tertiary/aromatic N) is 2. The fourth-order valence-corrected chi connectivity index (χ4v) is 1.66. The van der Waals surface area contributed by atoms with E-state index in [2.05, 4.69) is 38.1 Å². The molecule has 0 bridgehead atoms. The summed E-state index contributed by atoms with van der Waals surface area (Å²) < 4.78 is 0. The highest BCUT2D eigenvalue weighted by molar-refractivity contribution is 9.08. The van der Waals surface area contributed by atoms with Gasteiger partial charge in [0, 0.05) is 23.6 Å². The van der Waals surface area contributed by atoms with Crippen molar-refractivity contribution in [2.24, 2.45) is 0 Å². The molecular formula is C8H12BrN3S. The Morgan fingerprint density at radius 1 is 1.62 bits per heavy atom. The largest absolute Gasteiger partial charge is 0.370 e. The molecule has 0 amide bonds. The van der Waals surface area contributed by atoms with E-state index in [0.717, 1.165) is 28.4 Å². The lowest BCUT2D eigenvalue weighted by Gasteiger charge is -2.07. The maximum atomic E-state index is 4.36. The van der Waals surface area contributed by atoms with Crippen molar-refractivity contribution in [2.45, 2.75) is 17.4 Å². The highest BCUT2D eigenvalue weighted by Gasteiger charge is 2.03. The van der Waals surface area contributed by atoms with E-state index in [0.29, 0.717) is 0 Å². The average molecular weight is 262 g/mol. The molecule has 0 aliphatic heterocycles. The molecule has 0 saturated heterocycles. The van der Waals surface area contributed by atoms with Crippen molar-refractivity contribution in [1.82, 2.24) is 9.97 Å². The second-order valence-corrected chi connectivity index (χ2v) is 3.73. The third kappa shape index (κ3) is 2.84. The number of alkyl halides is 1. The summed E-state index contributed by atoms with van der Waals surface area (Å²) in [5.74, 6) is 0.929. The van der Waals surface area contributed by atoms with Crippen LogP contribution in [0.3, 0.4) is 0 Å². The average Bonchev–Trinajstić information content (AvgIpc) is 2.18. The number of hydrogen-bond acceptors (Lipinski definition) is 4. The summed E-state index contributed by atoms with van der Waals surface area (Å²) >= 11 is 4.95. The van der Waals surface area contributed by atoms with E-state index in [1.165, 1.54) is 0 Å². The molecule has 0 aliphatic carbocycles. The summed E-state index contributed by atoms with van der Waals surface area (Å²) in [6.45, 7) is 2.93. The zero-order valence-corrected chi connectivity index (χ0v) is 10.1. The van der Waals surface area contributed by atoms with Crippen LogP contribution in [0.15, 0.2) is 11.4 Å². The van der Waals surface area contributed by atoms with Crippen LogP contribution in [0.5, 0.6) is 0 Å². The molecule has 1 aromatic heterocycles. The summed E-state index contributed by atoms with van der Waals surface area (Å²) in [6, 6.07) is 0. The Morgan fingerprint density at radius 3 is 2.92 bits per heavy atom. The Hall–Kier alpha value is -0.290. The van der Waals surface area contributed by atoms with Crippen LogP contribution in [0.25, 0.3) is 0 Å². The fourth-order valence-electron chi connectivity index (χ4n) is 0.907. The van der Waals surface area contributed by atoms with Crippen LogP contribution in [0.1, 0.15) is 12.5 Å². The summed E-state index contributed by atoms with van der Waals surface area (Å²) in [5.41, 5.74) is 1.10. The minimum Gasteiger partial charge on any atom is -0.370 e. The third-order valence-electron chi connectivity index (χ3n) is 1.51. The number of nitrogens with one attached hydrogen (secondary N) is 1. The van der Waals surface area contributed by atoms with Gasteiger partial charge in [-0.1, -0.05) is 27.7 Å². The number of thioether (sulfide) groups is 1. The van der Waals surface area contributed by atoms with Gasteiger partial charge in [0.1, 0.15) is 5.82 Å². The molecule has 0 atom stereocenters. The van der Waals surface area contributed by atoms with E-state index >= 15 is 0 Å². The first-order valence-corrected chi connectivity index (χ1v) is 6.36. The molecule has 0 aliphatic rings. The van der Waals surface area contributed by atoms with Crippen molar-refractivity contribution < 1.29 is 0 Å². The zero-order valence-electron chi connectivity index (χ0n) is 7.67. The molecule has 0 unspecified atom stereocenters. The second kappa shape index (κ2) is 5.44. The van der Waals surface area contributed by atoms with Gasteiger partial charge in [0.05, 0.1) is 0 Å². The van der Waals surface area contributed by atoms with Crippen LogP contribution >= 0.6 is 27.7 Å². The number of aromatic nitrogens is 2. The maximum absolute atomic E-state index is 4.36. The van der Waals surface area contributed by atoms with E-state index in [9.17, 15) is 0 Å². The molecule has 1 aromatic rings. The predicted octanol–water partition coefficient (Wildman–Crippen LogP) is 2.53. The van der Waals surface area contributed by atoms with Gasteiger partial charge in [-0.3, -0.25) is 0 Å². The number of halogens is 1. The van der Waals surface area contributed by atoms with E-state index in [1.54, 1.807) is 11.8 Å². The van der Waals surface area contributed by atoms with Crippen LogP contribution in [0.2, 0.25) is 0 Å². The maximum Gasteiger partial charge on any atom is 0.189 e. The van der Waals surface area contributed by atoms with Crippen molar-refractivity contribution in [3.05, 3.63) is 11.8 Å². The predicted molar refractivity (Wildman–Crippen MR) is 60.6 cm³/mol. The lowest BCUT2D eigenvalue weighted by molar-refractivity contribution is 0.944. The summed E-state index contributed by atoms with van der Waals surface area (Å²) in [6.07, 6.45) is 3.82. The molecule has 0 saturated carbocycles. The Morgan fingerprint density at radius 2 is 2.38 bits per heavy atom. The number of hydrogen-bond donors (Lipinski definition) is 1. The Labute approximate surface area is 90.9 Å². The first-order valence-electron chi connectivity index (χ1n) is 4.01. The molecule has 1 heterocycles. The van der Waals surface area contributed by atoms with E-state index in [-0.39, 0.29) is 0 Å². The molecule has 72 valence electrons. The standard InChI is InChI=1S/C8H12BrN3S/c1-3-10-7-6(4-9)5-11-8(12-7)13-2/h5H,3-4H2,1-2H3,(H,10,11,12). The van der Waals surface area contributed by atoms with Crippen molar-refractivity contribution in [2.75, 3.05) is 18.1 Å². The van der Waals surface area contributed by atoms with Gasteiger partial charge in [-0.05, 0) is 13.2 Å². The molecule has 0 fully saturated rings. The normalized spacial score (nSPS) is 10.1. The zero-order chi connectivity index (χ0) is 9.68. The minimum absolute atomic E-state index is 0.782. The summed E-state index contributed by atoms with van der Waals surface area (Å²) in [5, 5.41) is 4.80. The van der Waals surface area contributed by atoms with Gasteiger partial charge in [-0.15, -0.1) is 0 Å². The van der Waals surface area contributed by atoms with Crippen LogP contribution in [-0.4, -0.2) is 22.8 Å². The van der Waals surface area contributed by atoms with Crippen LogP contribution in [0, 0.1) is 0 Å². The fraction of sp³-hybridized carbons (Fsp3) is 0.500. The van der Waals surface area contributed by atoms with Crippen LogP contribution in [0.4, 0.5) is 5.82 Å². The summed E-state index contributed by atoms with van der Waals surface area (Å²) in [7, 11) is 0. The van der Waals surface area contributed by atoms with Gasteiger partial charge in [-0.25, -0.2) is 9.97 Å². The molecule has 1 rings (SSSR count).